The third-order valence-corrected chi connectivity index (χ3v) is 1.64. The van der Waals surface area contributed by atoms with E-state index in [0.29, 0.717) is 17.9 Å². The lowest BCUT2D eigenvalue weighted by molar-refractivity contribution is 0.0600. The number of methoxy groups -OCH3 is 1. The number of carbonyl (C=O) groups is 1. The molecule has 0 unspecified atom stereocenters. The molecule has 3 heteroatoms. The molecule has 0 heterocycles. The highest BCUT2D eigenvalue weighted by Crippen LogP contribution is 2.12. The molecular weight excluding hydrogens is 204 g/mol. The maximum atomic E-state index is 11.1. The number of esters is 1. The summed E-state index contributed by atoms with van der Waals surface area (Å²) < 4.78 is 9.81. The first-order valence-corrected chi connectivity index (χ1v) is 5.20. The van der Waals surface area contributed by atoms with Gasteiger partial charge in [0, 0.05) is 0 Å². The lowest BCUT2D eigenvalue weighted by atomic mass is 10.2. The molecular formula is C13H18O3. The van der Waals surface area contributed by atoms with E-state index in [1.807, 2.05) is 13.8 Å². The summed E-state index contributed by atoms with van der Waals surface area (Å²) in [6, 6.07) is 6.75. The van der Waals surface area contributed by atoms with Crippen molar-refractivity contribution >= 4 is 5.97 Å². The number of benzene rings is 1. The smallest absolute Gasteiger partial charge is 0.337 e. The molecule has 1 aromatic rings. The third-order valence-electron chi connectivity index (χ3n) is 1.64. The topological polar surface area (TPSA) is 35.5 Å². The number of hydrogen-bond acceptors (Lipinski definition) is 3. The molecule has 0 bridgehead atoms. The van der Waals surface area contributed by atoms with Gasteiger partial charge in [0.1, 0.15) is 12.4 Å². The van der Waals surface area contributed by atoms with E-state index < -0.39 is 0 Å². The summed E-state index contributed by atoms with van der Waals surface area (Å²) in [5, 5.41) is 0. The van der Waals surface area contributed by atoms with Crippen molar-refractivity contribution in [2.24, 2.45) is 0 Å². The normalized spacial score (nSPS) is 8.44. The van der Waals surface area contributed by atoms with Crippen LogP contribution in [0.1, 0.15) is 24.2 Å². The summed E-state index contributed by atoms with van der Waals surface area (Å²) in [6.07, 6.45) is 1.66. The quantitative estimate of drug-likeness (QED) is 0.580. The van der Waals surface area contributed by atoms with Crippen LogP contribution in [0.15, 0.2) is 36.9 Å². The standard InChI is InChI=1S/C11H12O3.C2H6/c1-3-8-14-10-6-4-9(5-7-10)11(12)13-2;1-2/h3-7H,1,8H2,2H3;1-2H3. The Morgan fingerprint density at radius 2 is 1.88 bits per heavy atom. The van der Waals surface area contributed by atoms with Gasteiger partial charge in [0.05, 0.1) is 12.7 Å². The van der Waals surface area contributed by atoms with Gasteiger partial charge in [0.2, 0.25) is 0 Å². The van der Waals surface area contributed by atoms with Crippen molar-refractivity contribution in [1.82, 2.24) is 0 Å². The average molecular weight is 222 g/mol. The second-order valence-corrected chi connectivity index (χ2v) is 2.62. The second kappa shape index (κ2) is 8.53. The molecule has 1 rings (SSSR count). The van der Waals surface area contributed by atoms with Crippen LogP contribution in [0.25, 0.3) is 0 Å². The molecule has 0 aromatic heterocycles. The Balaban J connectivity index is 0.00000106. The second-order valence-electron chi connectivity index (χ2n) is 2.62. The minimum absolute atomic E-state index is 0.347. The van der Waals surface area contributed by atoms with Crippen LogP contribution in [-0.2, 0) is 4.74 Å². The van der Waals surface area contributed by atoms with Crippen LogP contribution in [-0.4, -0.2) is 19.7 Å². The van der Waals surface area contributed by atoms with E-state index in [-0.39, 0.29) is 5.97 Å². The third kappa shape index (κ3) is 4.64. The number of ether oxygens (including phenoxy) is 2. The van der Waals surface area contributed by atoms with Crippen molar-refractivity contribution in [3.63, 3.8) is 0 Å². The molecule has 0 aliphatic carbocycles. The molecule has 0 saturated carbocycles. The van der Waals surface area contributed by atoms with Gasteiger partial charge in [0.25, 0.3) is 0 Å². The number of carbonyl (C=O) groups excluding carboxylic acids is 1. The maximum Gasteiger partial charge on any atom is 0.337 e. The molecule has 0 aliphatic heterocycles. The summed E-state index contributed by atoms with van der Waals surface area (Å²) in [7, 11) is 1.35. The van der Waals surface area contributed by atoms with Crippen molar-refractivity contribution in [2.45, 2.75) is 13.8 Å². The minimum Gasteiger partial charge on any atom is -0.490 e. The first-order valence-electron chi connectivity index (χ1n) is 5.20. The van der Waals surface area contributed by atoms with Gasteiger partial charge in [-0.25, -0.2) is 4.79 Å². The number of rotatable bonds is 4. The molecule has 0 amide bonds. The van der Waals surface area contributed by atoms with Gasteiger partial charge in [-0.2, -0.15) is 0 Å². The predicted molar refractivity (Wildman–Crippen MR) is 64.8 cm³/mol. The van der Waals surface area contributed by atoms with Crippen molar-refractivity contribution in [3.8, 4) is 5.75 Å². The largest absolute Gasteiger partial charge is 0.490 e. The monoisotopic (exact) mass is 222 g/mol. The van der Waals surface area contributed by atoms with Crippen molar-refractivity contribution in [3.05, 3.63) is 42.5 Å². The summed E-state index contributed by atoms with van der Waals surface area (Å²) in [5.74, 6) is 0.359. The first-order chi connectivity index (χ1) is 7.77. The molecule has 0 N–H and O–H groups in total. The Morgan fingerprint density at radius 1 is 1.31 bits per heavy atom. The Bertz CT molecular complexity index is 314. The number of hydrogen-bond donors (Lipinski definition) is 0. The summed E-state index contributed by atoms with van der Waals surface area (Å²) in [6.45, 7) is 7.99. The first kappa shape index (κ1) is 14.2. The molecule has 0 saturated heterocycles. The van der Waals surface area contributed by atoms with E-state index in [4.69, 9.17) is 4.74 Å². The molecule has 0 atom stereocenters. The fourth-order valence-corrected chi connectivity index (χ4v) is 0.960. The molecule has 16 heavy (non-hydrogen) atoms. The highest BCUT2D eigenvalue weighted by Gasteiger charge is 2.03. The average Bonchev–Trinajstić information content (AvgIpc) is 2.38. The van der Waals surface area contributed by atoms with Gasteiger partial charge in [-0.1, -0.05) is 26.5 Å². The van der Waals surface area contributed by atoms with Crippen LogP contribution < -0.4 is 4.74 Å². The minimum atomic E-state index is -0.347. The lowest BCUT2D eigenvalue weighted by Gasteiger charge is -2.03. The Labute approximate surface area is 96.7 Å². The predicted octanol–water partition coefficient (Wildman–Crippen LogP) is 3.06. The van der Waals surface area contributed by atoms with Crippen LogP contribution in [0.4, 0.5) is 0 Å². The van der Waals surface area contributed by atoms with E-state index in [0.717, 1.165) is 0 Å². The SMILES string of the molecule is C=CCOc1ccc(C(=O)OC)cc1.CC. The fourth-order valence-electron chi connectivity index (χ4n) is 0.960. The van der Waals surface area contributed by atoms with Crippen LogP contribution in [0.3, 0.4) is 0 Å². The zero-order valence-electron chi connectivity index (χ0n) is 10.0. The van der Waals surface area contributed by atoms with Gasteiger partial charge >= 0.3 is 5.97 Å². The van der Waals surface area contributed by atoms with Gasteiger partial charge in [-0.3, -0.25) is 0 Å². The van der Waals surface area contributed by atoms with Gasteiger partial charge in [-0.05, 0) is 24.3 Å². The van der Waals surface area contributed by atoms with Crippen molar-refractivity contribution < 1.29 is 14.3 Å². The molecule has 88 valence electrons. The summed E-state index contributed by atoms with van der Waals surface area (Å²) >= 11 is 0. The zero-order valence-corrected chi connectivity index (χ0v) is 10.0. The maximum absolute atomic E-state index is 11.1. The van der Waals surface area contributed by atoms with E-state index in [1.54, 1.807) is 30.3 Å². The molecule has 3 nitrogen and oxygen atoms in total. The van der Waals surface area contributed by atoms with Crippen LogP contribution >= 0.6 is 0 Å². The summed E-state index contributed by atoms with van der Waals surface area (Å²) in [4.78, 5) is 11.1. The fraction of sp³-hybridized carbons (Fsp3) is 0.308. The van der Waals surface area contributed by atoms with Gasteiger partial charge < -0.3 is 9.47 Å². The molecule has 0 spiro atoms. The molecule has 1 aromatic carbocycles. The van der Waals surface area contributed by atoms with E-state index in [1.165, 1.54) is 7.11 Å². The van der Waals surface area contributed by atoms with Gasteiger partial charge in [-0.15, -0.1) is 0 Å². The van der Waals surface area contributed by atoms with Crippen molar-refractivity contribution in [2.75, 3.05) is 13.7 Å². The van der Waals surface area contributed by atoms with Crippen LogP contribution in [0.2, 0.25) is 0 Å². The lowest BCUT2D eigenvalue weighted by Crippen LogP contribution is -2.01. The summed E-state index contributed by atoms with van der Waals surface area (Å²) in [5.41, 5.74) is 0.512. The molecule has 0 radical (unpaired) electrons. The Hall–Kier alpha value is -1.77. The highest BCUT2D eigenvalue weighted by molar-refractivity contribution is 5.89. The van der Waals surface area contributed by atoms with E-state index in [2.05, 4.69) is 11.3 Å². The molecule has 0 aliphatic rings. The van der Waals surface area contributed by atoms with Crippen LogP contribution in [0.5, 0.6) is 5.75 Å². The Kier molecular flexibility index (Phi) is 7.59. The Morgan fingerprint density at radius 3 is 2.31 bits per heavy atom. The molecule has 0 fully saturated rings. The van der Waals surface area contributed by atoms with E-state index >= 15 is 0 Å². The van der Waals surface area contributed by atoms with Crippen molar-refractivity contribution in [1.29, 1.82) is 0 Å². The van der Waals surface area contributed by atoms with Crippen LogP contribution in [0, 0.1) is 0 Å². The highest BCUT2D eigenvalue weighted by atomic mass is 16.5. The zero-order chi connectivity index (χ0) is 12.4. The van der Waals surface area contributed by atoms with E-state index in [9.17, 15) is 4.79 Å². The van der Waals surface area contributed by atoms with Gasteiger partial charge in [0.15, 0.2) is 0 Å².